The Labute approximate surface area is 239 Å². The molecule has 2 aliphatic heterocycles. The average Bonchev–Trinajstić information content (AvgIpc) is 3.19. The van der Waals surface area contributed by atoms with Crippen molar-refractivity contribution in [3.05, 3.63) is 40.2 Å². The van der Waals surface area contributed by atoms with Gasteiger partial charge in [-0.2, -0.15) is 0 Å². The molecule has 0 atom stereocenters. The van der Waals surface area contributed by atoms with Crippen molar-refractivity contribution in [3.63, 3.8) is 0 Å². The summed E-state index contributed by atoms with van der Waals surface area (Å²) in [5.74, 6) is 0.549. The first kappa shape index (κ1) is 27.4. The maximum absolute atomic E-state index is 6.89. The summed E-state index contributed by atoms with van der Waals surface area (Å²) in [5.41, 5.74) is 0. The quantitative estimate of drug-likeness (QED) is 0.181. The molecule has 0 fully saturated rings. The van der Waals surface area contributed by atoms with E-state index in [4.69, 9.17) is 133 Å². The molecule has 0 unspecified atom stereocenters. The van der Waals surface area contributed by atoms with Gasteiger partial charge in [-0.15, -0.1) is 0 Å². The zero-order chi connectivity index (χ0) is 24.8. The Morgan fingerprint density at radius 3 is 0.879 bits per heavy atom. The van der Waals surface area contributed by atoms with Crippen LogP contribution in [0.4, 0.5) is 0 Å². The number of benzene rings is 2. The van der Waals surface area contributed by atoms with Crippen molar-refractivity contribution in [2.75, 3.05) is 25.7 Å². The molecule has 0 saturated heterocycles. The predicted molar refractivity (Wildman–Crippen MR) is 147 cm³/mol. The van der Waals surface area contributed by atoms with Crippen LogP contribution < -0.4 is 18.1 Å². The monoisotopic (exact) mass is 692 g/mol. The second-order valence-electron chi connectivity index (χ2n) is 7.88. The van der Waals surface area contributed by atoms with Gasteiger partial charge in [0.25, 0.3) is 0 Å². The third kappa shape index (κ3) is 4.73. The van der Waals surface area contributed by atoms with Crippen molar-refractivity contribution in [2.24, 2.45) is 0 Å². The molecule has 0 N–H and O–H groups in total. The van der Waals surface area contributed by atoms with Gasteiger partial charge in [0, 0.05) is 0 Å². The maximum atomic E-state index is 6.89. The Morgan fingerprint density at radius 1 is 0.455 bits per heavy atom. The first-order valence-electron chi connectivity index (χ1n) is 8.92. The summed E-state index contributed by atoms with van der Waals surface area (Å²) < 4.78 is 24.1. The van der Waals surface area contributed by atoms with E-state index in [9.17, 15) is 0 Å². The minimum atomic E-state index is -3.80. The number of halogens is 10. The van der Waals surface area contributed by atoms with E-state index in [2.05, 4.69) is 0 Å². The molecule has 0 aliphatic carbocycles. The predicted octanol–water partition coefficient (Wildman–Crippen LogP) is 11.9. The summed E-state index contributed by atoms with van der Waals surface area (Å²) in [6, 6.07) is 0. The van der Waals surface area contributed by atoms with E-state index in [-0.39, 0.29) is 75.5 Å². The number of hydrogen-bond donors (Lipinski definition) is 0. The van der Waals surface area contributed by atoms with Crippen LogP contribution in [0.25, 0.3) is 0 Å². The molecule has 184 valence electrons. The summed E-state index contributed by atoms with van der Waals surface area (Å²) in [5, 5.41) is 0.386. The molecule has 33 heavy (non-hydrogen) atoms. The van der Waals surface area contributed by atoms with Crippen molar-refractivity contribution in [2.45, 2.75) is 6.42 Å². The van der Waals surface area contributed by atoms with Crippen LogP contribution in [0.15, 0.2) is 0 Å². The van der Waals surface area contributed by atoms with Crippen LogP contribution in [0.5, 0.6) is 23.0 Å². The molecule has 0 bridgehead atoms. The normalized spacial score (nSPS) is 22.8. The summed E-state index contributed by atoms with van der Waals surface area (Å²) in [7, 11) is 0. The topological polar surface area (TPSA) is 36.9 Å². The molecule has 0 spiro atoms. The summed E-state index contributed by atoms with van der Waals surface area (Å²) in [4.78, 5) is 0. The average molecular weight is 697 g/mol. The van der Waals surface area contributed by atoms with Crippen LogP contribution >= 0.6 is 128 Å². The zero-order valence-electron chi connectivity index (χ0n) is 16.4. The van der Waals surface area contributed by atoms with Gasteiger partial charge in [-0.1, -0.05) is 0 Å². The van der Waals surface area contributed by atoms with E-state index in [1.807, 2.05) is 0 Å². The molecular formula is C17H12Cl10O4P2. The SMILES string of the molecule is CP1(Cl)(CCCP2(C)(Cl)Oc3c(Cl)c(Cl)c(Cl)c(Cl)c3O2)Oc2c(Cl)c(Cl)c(Cl)c(Cl)c2O1. The number of fused-ring (bicyclic) bond motifs is 2. The van der Waals surface area contributed by atoms with E-state index in [0.29, 0.717) is 6.42 Å². The second-order valence-corrected chi connectivity index (χ2v) is 23.4. The molecule has 16 heteroatoms. The fraction of sp³-hybridized carbons (Fsp3) is 0.294. The molecule has 2 aliphatic rings. The number of hydrogen-bond acceptors (Lipinski definition) is 4. The van der Waals surface area contributed by atoms with Gasteiger partial charge in [0.05, 0.1) is 0 Å². The third-order valence-corrected chi connectivity index (χ3v) is 15.5. The molecule has 0 saturated carbocycles. The van der Waals surface area contributed by atoms with Gasteiger partial charge in [0.1, 0.15) is 0 Å². The van der Waals surface area contributed by atoms with Gasteiger partial charge in [-0.3, -0.25) is 0 Å². The Bertz CT molecular complexity index is 1060. The number of rotatable bonds is 4. The molecule has 0 aromatic heterocycles. The second kappa shape index (κ2) is 8.45. The Hall–Kier alpha value is 1.40. The molecule has 4 nitrogen and oxygen atoms in total. The zero-order valence-corrected chi connectivity index (χ0v) is 25.8. The molecule has 2 heterocycles. The molecular weight excluding hydrogens is 685 g/mol. The summed E-state index contributed by atoms with van der Waals surface area (Å²) in [6.45, 7) is 3.29. The van der Waals surface area contributed by atoms with E-state index in [1.165, 1.54) is 0 Å². The van der Waals surface area contributed by atoms with Crippen LogP contribution in [0.2, 0.25) is 40.2 Å². The molecule has 2 aromatic rings. The van der Waals surface area contributed by atoms with Crippen LogP contribution in [-0.4, -0.2) is 25.7 Å². The van der Waals surface area contributed by atoms with Crippen molar-refractivity contribution in [3.8, 4) is 23.0 Å². The van der Waals surface area contributed by atoms with Crippen LogP contribution in [0.1, 0.15) is 6.42 Å². The first-order chi connectivity index (χ1) is 14.9. The fourth-order valence-electron chi connectivity index (χ4n) is 3.40. The Kier molecular flexibility index (Phi) is 7.03. The van der Waals surface area contributed by atoms with Gasteiger partial charge >= 0.3 is 241 Å². The van der Waals surface area contributed by atoms with Crippen molar-refractivity contribution in [1.82, 2.24) is 0 Å². The van der Waals surface area contributed by atoms with Crippen molar-refractivity contribution in [1.29, 1.82) is 0 Å². The van der Waals surface area contributed by atoms with Gasteiger partial charge in [-0.05, 0) is 0 Å². The Morgan fingerprint density at radius 2 is 0.667 bits per heavy atom. The van der Waals surface area contributed by atoms with E-state index in [1.54, 1.807) is 13.3 Å². The van der Waals surface area contributed by atoms with E-state index >= 15 is 0 Å². The third-order valence-electron chi connectivity index (χ3n) is 4.94. The minimum absolute atomic E-state index is 0.0403. The van der Waals surface area contributed by atoms with Crippen molar-refractivity contribution < 1.29 is 18.1 Å². The first-order valence-corrected chi connectivity index (χ1v) is 19.2. The van der Waals surface area contributed by atoms with E-state index in [0.717, 1.165) is 0 Å². The Balaban J connectivity index is 1.56. The van der Waals surface area contributed by atoms with Gasteiger partial charge in [-0.25, -0.2) is 0 Å². The van der Waals surface area contributed by atoms with Crippen LogP contribution in [-0.2, 0) is 0 Å². The molecule has 4 rings (SSSR count). The van der Waals surface area contributed by atoms with Crippen molar-refractivity contribution >= 4 is 128 Å². The molecule has 2 aromatic carbocycles. The van der Waals surface area contributed by atoms with Crippen LogP contribution in [0, 0.1) is 0 Å². The van der Waals surface area contributed by atoms with Gasteiger partial charge in [0.15, 0.2) is 0 Å². The molecule has 0 radical (unpaired) electrons. The summed E-state index contributed by atoms with van der Waals surface area (Å²) in [6.07, 6.45) is -6.78. The summed E-state index contributed by atoms with van der Waals surface area (Å²) >= 11 is 63.4. The molecule has 0 amide bonds. The standard InChI is InChI=1S/C17H12Cl10O4P2/c1-32(26,28-14-10(22)6(18)7(19)11(23)15(14)29-32)4-3-5-33(2,27)30-16-12(24)8(20)9(21)13(25)17(16)31-33/h3-5H2,1-2H3. The van der Waals surface area contributed by atoms with E-state index < -0.39 is 12.8 Å². The van der Waals surface area contributed by atoms with Gasteiger partial charge < -0.3 is 0 Å². The van der Waals surface area contributed by atoms with Gasteiger partial charge in [0.2, 0.25) is 0 Å². The fourth-order valence-corrected chi connectivity index (χ4v) is 11.9. The van der Waals surface area contributed by atoms with Crippen LogP contribution in [0.3, 0.4) is 0 Å².